The SMILES string of the molecule is Cc1ccccc1N(C)C1=NC(=O)/C(=C\c2ccccc2O)S1. The van der Waals surface area contributed by atoms with Crippen molar-refractivity contribution in [2.45, 2.75) is 6.92 Å². The second-order valence-corrected chi connectivity index (χ2v) is 6.22. The van der Waals surface area contributed by atoms with Crippen molar-refractivity contribution in [3.05, 3.63) is 64.6 Å². The fourth-order valence-electron chi connectivity index (χ4n) is 2.34. The van der Waals surface area contributed by atoms with Crippen molar-refractivity contribution in [3.8, 4) is 5.75 Å². The van der Waals surface area contributed by atoms with Gasteiger partial charge in [0.15, 0.2) is 5.17 Å². The average molecular weight is 324 g/mol. The number of rotatable bonds is 2. The number of amides is 1. The molecule has 5 heteroatoms. The Kier molecular flexibility index (Phi) is 4.21. The van der Waals surface area contributed by atoms with Crippen LogP contribution in [-0.4, -0.2) is 23.2 Å². The van der Waals surface area contributed by atoms with Crippen molar-refractivity contribution in [1.29, 1.82) is 0 Å². The van der Waals surface area contributed by atoms with Crippen LogP contribution in [0.15, 0.2) is 58.4 Å². The number of phenols is 1. The van der Waals surface area contributed by atoms with Crippen molar-refractivity contribution in [2.75, 3.05) is 11.9 Å². The third-order valence-electron chi connectivity index (χ3n) is 3.60. The number of benzene rings is 2. The number of phenolic OH excluding ortho intramolecular Hbond substituents is 1. The third kappa shape index (κ3) is 3.14. The van der Waals surface area contributed by atoms with Crippen LogP contribution in [0.2, 0.25) is 0 Å². The molecule has 1 aliphatic heterocycles. The van der Waals surface area contributed by atoms with Crippen LogP contribution in [0.1, 0.15) is 11.1 Å². The predicted octanol–water partition coefficient (Wildman–Crippen LogP) is 3.81. The maximum absolute atomic E-state index is 12.1. The first-order valence-corrected chi connectivity index (χ1v) is 7.98. The highest BCUT2D eigenvalue weighted by Gasteiger charge is 2.25. The second-order valence-electron chi connectivity index (χ2n) is 5.21. The Labute approximate surface area is 139 Å². The van der Waals surface area contributed by atoms with E-state index in [2.05, 4.69) is 4.99 Å². The Bertz CT molecular complexity index is 827. The fraction of sp³-hybridized carbons (Fsp3) is 0.111. The van der Waals surface area contributed by atoms with Gasteiger partial charge in [0.1, 0.15) is 5.75 Å². The molecule has 0 bridgehead atoms. The predicted molar refractivity (Wildman–Crippen MR) is 95.7 cm³/mol. The van der Waals surface area contributed by atoms with Crippen LogP contribution in [0.5, 0.6) is 5.75 Å². The van der Waals surface area contributed by atoms with Crippen LogP contribution >= 0.6 is 11.8 Å². The lowest BCUT2D eigenvalue weighted by Gasteiger charge is -2.19. The number of hydrogen-bond acceptors (Lipinski definition) is 4. The number of para-hydroxylation sites is 2. The number of aryl methyl sites for hydroxylation is 1. The van der Waals surface area contributed by atoms with Gasteiger partial charge in [-0.2, -0.15) is 4.99 Å². The molecule has 0 aromatic heterocycles. The van der Waals surface area contributed by atoms with Crippen molar-refractivity contribution < 1.29 is 9.90 Å². The van der Waals surface area contributed by atoms with E-state index in [0.717, 1.165) is 11.3 Å². The quantitative estimate of drug-likeness (QED) is 0.854. The molecule has 23 heavy (non-hydrogen) atoms. The standard InChI is InChI=1S/C18H16N2O2S/c1-12-7-3-5-9-14(12)20(2)18-19-17(22)16(23-18)11-13-8-4-6-10-15(13)21/h3-11,21H,1-2H3/b16-11+. The van der Waals surface area contributed by atoms with Gasteiger partial charge in [0.25, 0.3) is 5.91 Å². The number of nitrogens with zero attached hydrogens (tertiary/aromatic N) is 2. The van der Waals surface area contributed by atoms with E-state index >= 15 is 0 Å². The van der Waals surface area contributed by atoms with E-state index in [4.69, 9.17) is 0 Å². The maximum Gasteiger partial charge on any atom is 0.286 e. The first-order chi connectivity index (χ1) is 11.1. The van der Waals surface area contributed by atoms with Crippen LogP contribution in [0.25, 0.3) is 6.08 Å². The van der Waals surface area contributed by atoms with Crippen molar-refractivity contribution in [2.24, 2.45) is 4.99 Å². The molecule has 0 fully saturated rings. The van der Waals surface area contributed by atoms with Crippen LogP contribution in [0.4, 0.5) is 5.69 Å². The van der Waals surface area contributed by atoms with E-state index in [0.29, 0.717) is 15.6 Å². The summed E-state index contributed by atoms with van der Waals surface area (Å²) in [5, 5.41) is 10.5. The summed E-state index contributed by atoms with van der Waals surface area (Å²) in [5.74, 6) is -0.136. The van der Waals surface area contributed by atoms with Gasteiger partial charge in [-0.25, -0.2) is 0 Å². The first kappa shape index (κ1) is 15.4. The molecule has 0 spiro atoms. The molecule has 1 amide bonds. The number of anilines is 1. The van der Waals surface area contributed by atoms with E-state index in [1.807, 2.05) is 49.2 Å². The number of aromatic hydroxyl groups is 1. The van der Waals surface area contributed by atoms with Gasteiger partial charge >= 0.3 is 0 Å². The molecule has 0 saturated carbocycles. The highest BCUT2D eigenvalue weighted by Crippen LogP contribution is 2.33. The molecule has 0 unspecified atom stereocenters. The van der Waals surface area contributed by atoms with Gasteiger partial charge in [-0.3, -0.25) is 4.79 Å². The topological polar surface area (TPSA) is 52.9 Å². The van der Waals surface area contributed by atoms with Crippen LogP contribution in [0, 0.1) is 6.92 Å². The lowest BCUT2D eigenvalue weighted by molar-refractivity contribution is -0.113. The Morgan fingerprint density at radius 3 is 2.57 bits per heavy atom. The monoisotopic (exact) mass is 324 g/mol. The molecule has 116 valence electrons. The summed E-state index contributed by atoms with van der Waals surface area (Å²) >= 11 is 1.31. The smallest absolute Gasteiger partial charge is 0.286 e. The van der Waals surface area contributed by atoms with E-state index in [1.54, 1.807) is 24.3 Å². The summed E-state index contributed by atoms with van der Waals surface area (Å²) in [6, 6.07) is 14.9. The summed E-state index contributed by atoms with van der Waals surface area (Å²) in [7, 11) is 1.89. The summed E-state index contributed by atoms with van der Waals surface area (Å²) in [6.07, 6.45) is 1.67. The Hall–Kier alpha value is -2.53. The molecule has 0 radical (unpaired) electrons. The fourth-order valence-corrected chi connectivity index (χ4v) is 3.21. The minimum absolute atomic E-state index is 0.147. The Morgan fingerprint density at radius 2 is 1.83 bits per heavy atom. The van der Waals surface area contributed by atoms with E-state index < -0.39 is 0 Å². The largest absolute Gasteiger partial charge is 0.507 e. The molecular formula is C18H16N2O2S. The van der Waals surface area contributed by atoms with Gasteiger partial charge in [-0.1, -0.05) is 36.4 Å². The average Bonchev–Trinajstić information content (AvgIpc) is 2.90. The highest BCUT2D eigenvalue weighted by molar-refractivity contribution is 8.18. The molecule has 3 rings (SSSR count). The van der Waals surface area contributed by atoms with Crippen LogP contribution in [-0.2, 0) is 4.79 Å². The minimum atomic E-state index is -0.284. The molecule has 2 aromatic rings. The van der Waals surface area contributed by atoms with Gasteiger partial charge in [-0.15, -0.1) is 0 Å². The number of aliphatic imine (C=N–C) groups is 1. The van der Waals surface area contributed by atoms with Gasteiger partial charge in [0.2, 0.25) is 0 Å². The highest BCUT2D eigenvalue weighted by atomic mass is 32.2. The zero-order valence-electron chi connectivity index (χ0n) is 12.9. The van der Waals surface area contributed by atoms with Gasteiger partial charge in [0, 0.05) is 18.3 Å². The summed E-state index contributed by atoms with van der Waals surface area (Å²) in [6.45, 7) is 2.02. The zero-order chi connectivity index (χ0) is 16.4. The van der Waals surface area contributed by atoms with Crippen molar-refractivity contribution in [3.63, 3.8) is 0 Å². The molecular weight excluding hydrogens is 308 g/mol. The summed E-state index contributed by atoms with van der Waals surface area (Å²) in [4.78, 5) is 18.7. The molecule has 1 aliphatic rings. The summed E-state index contributed by atoms with van der Waals surface area (Å²) < 4.78 is 0. The number of carbonyl (C=O) groups is 1. The summed E-state index contributed by atoms with van der Waals surface area (Å²) in [5.41, 5.74) is 2.73. The molecule has 1 heterocycles. The van der Waals surface area contributed by atoms with E-state index in [1.165, 1.54) is 11.8 Å². The molecule has 4 nitrogen and oxygen atoms in total. The molecule has 0 aliphatic carbocycles. The molecule has 0 atom stereocenters. The normalized spacial score (nSPS) is 15.8. The van der Waals surface area contributed by atoms with Gasteiger partial charge in [-0.05, 0) is 42.5 Å². The van der Waals surface area contributed by atoms with Crippen molar-refractivity contribution in [1.82, 2.24) is 0 Å². The van der Waals surface area contributed by atoms with Crippen molar-refractivity contribution >= 4 is 34.6 Å². The third-order valence-corrected chi connectivity index (χ3v) is 4.66. The van der Waals surface area contributed by atoms with E-state index in [-0.39, 0.29) is 11.7 Å². The lowest BCUT2D eigenvalue weighted by Crippen LogP contribution is -2.22. The number of amidine groups is 1. The molecule has 1 N–H and O–H groups in total. The minimum Gasteiger partial charge on any atom is -0.507 e. The Balaban J connectivity index is 1.86. The zero-order valence-corrected chi connectivity index (χ0v) is 13.7. The number of thioether (sulfide) groups is 1. The van der Waals surface area contributed by atoms with Crippen LogP contribution in [0.3, 0.4) is 0 Å². The second kappa shape index (κ2) is 6.30. The molecule has 0 saturated heterocycles. The van der Waals surface area contributed by atoms with Gasteiger partial charge < -0.3 is 10.0 Å². The molecule has 2 aromatic carbocycles. The lowest BCUT2D eigenvalue weighted by atomic mass is 10.2. The number of carbonyl (C=O) groups excluding carboxylic acids is 1. The van der Waals surface area contributed by atoms with Gasteiger partial charge in [0.05, 0.1) is 4.91 Å². The maximum atomic E-state index is 12.1. The first-order valence-electron chi connectivity index (χ1n) is 7.16. The Morgan fingerprint density at radius 1 is 1.13 bits per heavy atom. The van der Waals surface area contributed by atoms with E-state index in [9.17, 15) is 9.90 Å². The van der Waals surface area contributed by atoms with Crippen LogP contribution < -0.4 is 4.90 Å². The number of hydrogen-bond donors (Lipinski definition) is 1.